The summed E-state index contributed by atoms with van der Waals surface area (Å²) in [6.45, 7) is 0. The molecule has 0 saturated heterocycles. The molecule has 1 rings (SSSR count). The fraction of sp³-hybridized carbons (Fsp3) is 0.0909. The number of methoxy groups -OCH3 is 1. The average molecular weight is 219 g/mol. The lowest BCUT2D eigenvalue weighted by molar-refractivity contribution is 0.415. The number of benzene rings is 1. The van der Waals surface area contributed by atoms with Crippen molar-refractivity contribution in [2.75, 3.05) is 7.11 Å². The third-order valence-corrected chi connectivity index (χ3v) is 2.16. The maximum absolute atomic E-state index is 8.59. The Bertz CT molecular complexity index is 464. The first-order chi connectivity index (χ1) is 7.22. The predicted octanol–water partition coefficient (Wildman–Crippen LogP) is 2.78. The fourth-order valence-corrected chi connectivity index (χ4v) is 1.30. The van der Waals surface area contributed by atoms with E-state index in [4.69, 9.17) is 26.9 Å². The number of allylic oxidation sites excluding steroid dienone is 1. The van der Waals surface area contributed by atoms with E-state index in [1.807, 2.05) is 0 Å². The van der Waals surface area contributed by atoms with Crippen LogP contribution in [-0.2, 0) is 0 Å². The van der Waals surface area contributed by atoms with Crippen LogP contribution in [0.3, 0.4) is 0 Å². The lowest BCUT2D eigenvalue weighted by atomic mass is 10.1. The van der Waals surface area contributed by atoms with Crippen LogP contribution in [0, 0.1) is 22.7 Å². The molecule has 1 aromatic rings. The molecule has 0 aliphatic heterocycles. The Labute approximate surface area is 92.8 Å². The van der Waals surface area contributed by atoms with Crippen molar-refractivity contribution in [3.05, 3.63) is 34.4 Å². The Hall–Kier alpha value is -1.97. The summed E-state index contributed by atoms with van der Waals surface area (Å²) in [6, 6.07) is 8.68. The number of nitriles is 2. The van der Waals surface area contributed by atoms with Crippen molar-refractivity contribution in [3.8, 4) is 17.9 Å². The molecule has 0 saturated carbocycles. The third-order valence-electron chi connectivity index (χ3n) is 1.75. The van der Waals surface area contributed by atoms with Crippen molar-refractivity contribution in [1.29, 1.82) is 10.5 Å². The van der Waals surface area contributed by atoms with Crippen molar-refractivity contribution in [1.82, 2.24) is 0 Å². The zero-order chi connectivity index (χ0) is 11.3. The standard InChI is InChI=1S/C11H7ClN2O/c1-15-10-4-2-3-9(11(10)12)5-8(6-13)7-14/h2-5H,1H3. The maximum Gasteiger partial charge on any atom is 0.138 e. The largest absolute Gasteiger partial charge is 0.495 e. The molecule has 0 heterocycles. The first-order valence-electron chi connectivity index (χ1n) is 4.07. The summed E-state index contributed by atoms with van der Waals surface area (Å²) in [5.41, 5.74) is 0.597. The van der Waals surface area contributed by atoms with Gasteiger partial charge < -0.3 is 4.74 Å². The number of nitrogens with zero attached hydrogens (tertiary/aromatic N) is 2. The first-order valence-corrected chi connectivity index (χ1v) is 4.45. The molecule has 0 unspecified atom stereocenters. The van der Waals surface area contributed by atoms with Gasteiger partial charge in [0.1, 0.15) is 23.5 Å². The highest BCUT2D eigenvalue weighted by molar-refractivity contribution is 6.33. The first kappa shape index (κ1) is 11.1. The highest BCUT2D eigenvalue weighted by atomic mass is 35.5. The average Bonchev–Trinajstić information content (AvgIpc) is 2.28. The topological polar surface area (TPSA) is 56.8 Å². The van der Waals surface area contributed by atoms with Crippen molar-refractivity contribution >= 4 is 17.7 Å². The van der Waals surface area contributed by atoms with Gasteiger partial charge in [-0.3, -0.25) is 0 Å². The number of hydrogen-bond acceptors (Lipinski definition) is 3. The molecular weight excluding hydrogens is 212 g/mol. The van der Waals surface area contributed by atoms with Crippen LogP contribution >= 0.6 is 11.6 Å². The minimum atomic E-state index is 0.00477. The second kappa shape index (κ2) is 5.05. The van der Waals surface area contributed by atoms with Crippen molar-refractivity contribution in [2.24, 2.45) is 0 Å². The number of hydrogen-bond donors (Lipinski definition) is 0. The van der Waals surface area contributed by atoms with Crippen LogP contribution in [0.15, 0.2) is 23.8 Å². The molecule has 4 heteroatoms. The summed E-state index contributed by atoms with van der Waals surface area (Å²) in [6.07, 6.45) is 1.42. The molecule has 15 heavy (non-hydrogen) atoms. The monoisotopic (exact) mass is 218 g/mol. The van der Waals surface area contributed by atoms with E-state index in [9.17, 15) is 0 Å². The van der Waals surface area contributed by atoms with Gasteiger partial charge in [0.25, 0.3) is 0 Å². The van der Waals surface area contributed by atoms with Crippen LogP contribution in [-0.4, -0.2) is 7.11 Å². The van der Waals surface area contributed by atoms with E-state index < -0.39 is 0 Å². The molecular formula is C11H7ClN2O. The van der Waals surface area contributed by atoms with E-state index in [1.54, 1.807) is 30.3 Å². The van der Waals surface area contributed by atoms with E-state index >= 15 is 0 Å². The molecule has 1 aromatic carbocycles. The Morgan fingerprint density at radius 2 is 2.07 bits per heavy atom. The molecule has 0 spiro atoms. The van der Waals surface area contributed by atoms with Gasteiger partial charge in [-0.15, -0.1) is 0 Å². The summed E-state index contributed by atoms with van der Waals surface area (Å²) in [5, 5.41) is 17.6. The van der Waals surface area contributed by atoms with Gasteiger partial charge in [0.15, 0.2) is 0 Å². The second-order valence-electron chi connectivity index (χ2n) is 2.65. The highest BCUT2D eigenvalue weighted by Crippen LogP contribution is 2.29. The SMILES string of the molecule is COc1cccc(C=C(C#N)C#N)c1Cl. The van der Waals surface area contributed by atoms with Crippen LogP contribution < -0.4 is 4.74 Å². The maximum atomic E-state index is 8.59. The van der Waals surface area contributed by atoms with Crippen molar-refractivity contribution in [3.63, 3.8) is 0 Å². The third kappa shape index (κ3) is 2.49. The van der Waals surface area contributed by atoms with Crippen LogP contribution in [0.25, 0.3) is 6.08 Å². The molecule has 74 valence electrons. The molecule has 3 nitrogen and oxygen atoms in total. The lowest BCUT2D eigenvalue weighted by Gasteiger charge is -2.04. The summed E-state index contributed by atoms with van der Waals surface area (Å²) >= 11 is 5.98. The molecule has 0 aliphatic carbocycles. The molecule has 0 aliphatic rings. The van der Waals surface area contributed by atoms with Gasteiger partial charge in [0.2, 0.25) is 0 Å². The zero-order valence-electron chi connectivity index (χ0n) is 7.99. The van der Waals surface area contributed by atoms with E-state index in [2.05, 4.69) is 0 Å². The van der Waals surface area contributed by atoms with Crippen molar-refractivity contribution < 1.29 is 4.74 Å². The highest BCUT2D eigenvalue weighted by Gasteiger charge is 2.05. The molecule has 0 atom stereocenters. The van der Waals surface area contributed by atoms with Gasteiger partial charge in [-0.1, -0.05) is 23.7 Å². The van der Waals surface area contributed by atoms with E-state index in [1.165, 1.54) is 13.2 Å². The summed E-state index contributed by atoms with van der Waals surface area (Å²) in [7, 11) is 1.50. The number of ether oxygens (including phenoxy) is 1. The van der Waals surface area contributed by atoms with Gasteiger partial charge in [-0.2, -0.15) is 10.5 Å². The van der Waals surface area contributed by atoms with E-state index in [-0.39, 0.29) is 5.57 Å². The zero-order valence-corrected chi connectivity index (χ0v) is 8.75. The quantitative estimate of drug-likeness (QED) is 0.718. The Kier molecular flexibility index (Phi) is 3.74. The Balaban J connectivity index is 3.24. The van der Waals surface area contributed by atoms with Gasteiger partial charge in [-0.05, 0) is 17.7 Å². The fourth-order valence-electron chi connectivity index (χ4n) is 1.04. The normalized spacial score (nSPS) is 8.53. The lowest BCUT2D eigenvalue weighted by Crippen LogP contribution is -1.86. The smallest absolute Gasteiger partial charge is 0.138 e. The number of halogens is 1. The van der Waals surface area contributed by atoms with Gasteiger partial charge >= 0.3 is 0 Å². The molecule has 0 N–H and O–H groups in total. The molecule has 0 bridgehead atoms. The van der Waals surface area contributed by atoms with Crippen molar-refractivity contribution in [2.45, 2.75) is 0 Å². The minimum absolute atomic E-state index is 0.00477. The van der Waals surface area contributed by atoms with Crippen LogP contribution in [0.1, 0.15) is 5.56 Å². The molecule has 0 aromatic heterocycles. The summed E-state index contributed by atoms with van der Waals surface area (Å²) in [5.74, 6) is 0.514. The van der Waals surface area contributed by atoms with Crippen LogP contribution in [0.4, 0.5) is 0 Å². The molecule has 0 amide bonds. The van der Waals surface area contributed by atoms with Gasteiger partial charge in [0.05, 0.1) is 12.1 Å². The predicted molar refractivity (Wildman–Crippen MR) is 57.2 cm³/mol. The summed E-state index contributed by atoms with van der Waals surface area (Å²) in [4.78, 5) is 0. The second-order valence-corrected chi connectivity index (χ2v) is 3.02. The molecule has 0 radical (unpaired) electrons. The number of rotatable bonds is 2. The summed E-state index contributed by atoms with van der Waals surface area (Å²) < 4.78 is 5.01. The van der Waals surface area contributed by atoms with Gasteiger partial charge in [0, 0.05) is 0 Å². The van der Waals surface area contributed by atoms with Crippen LogP contribution in [0.2, 0.25) is 5.02 Å². The van der Waals surface area contributed by atoms with Crippen LogP contribution in [0.5, 0.6) is 5.75 Å². The van der Waals surface area contributed by atoms with E-state index in [0.717, 1.165) is 0 Å². The van der Waals surface area contributed by atoms with E-state index in [0.29, 0.717) is 16.3 Å². The van der Waals surface area contributed by atoms with Gasteiger partial charge in [-0.25, -0.2) is 0 Å². The Morgan fingerprint density at radius 1 is 1.40 bits per heavy atom. The minimum Gasteiger partial charge on any atom is -0.495 e. The molecule has 0 fully saturated rings. The Morgan fingerprint density at radius 3 is 2.60 bits per heavy atom.